The molecule has 2 N–H and O–H groups in total. The molecule has 1 aliphatic heterocycles. The zero-order chi connectivity index (χ0) is 11.7. The smallest absolute Gasteiger partial charge is 0.0685 e. The van der Waals surface area contributed by atoms with Gasteiger partial charge in [-0.05, 0) is 50.4 Å². The van der Waals surface area contributed by atoms with Gasteiger partial charge in [-0.2, -0.15) is 0 Å². The third-order valence-electron chi connectivity index (χ3n) is 5.48. The molecule has 0 radical (unpaired) electrons. The highest BCUT2D eigenvalue weighted by Crippen LogP contribution is 2.45. The SMILES string of the molecule is NC(CC1CCCC1)C1CCOC2(CCC2)C1. The second kappa shape index (κ2) is 4.89. The molecule has 2 nitrogen and oxygen atoms in total. The maximum absolute atomic E-state index is 6.47. The molecule has 2 unspecified atom stereocenters. The molecule has 3 fully saturated rings. The van der Waals surface area contributed by atoms with Crippen LogP contribution in [-0.4, -0.2) is 18.2 Å². The van der Waals surface area contributed by atoms with Crippen LogP contribution in [0.2, 0.25) is 0 Å². The van der Waals surface area contributed by atoms with Crippen molar-refractivity contribution in [2.75, 3.05) is 6.61 Å². The Morgan fingerprint density at radius 2 is 1.88 bits per heavy atom. The van der Waals surface area contributed by atoms with Gasteiger partial charge >= 0.3 is 0 Å². The second-order valence-corrected chi connectivity index (χ2v) is 6.69. The predicted molar refractivity (Wildman–Crippen MR) is 69.8 cm³/mol. The van der Waals surface area contributed by atoms with Gasteiger partial charge in [0.2, 0.25) is 0 Å². The molecule has 3 rings (SSSR count). The molecule has 0 amide bonds. The highest BCUT2D eigenvalue weighted by atomic mass is 16.5. The lowest BCUT2D eigenvalue weighted by Crippen LogP contribution is -2.49. The van der Waals surface area contributed by atoms with Crippen LogP contribution in [0.1, 0.15) is 64.2 Å². The first-order chi connectivity index (χ1) is 8.27. The third-order valence-corrected chi connectivity index (χ3v) is 5.48. The van der Waals surface area contributed by atoms with E-state index >= 15 is 0 Å². The summed E-state index contributed by atoms with van der Waals surface area (Å²) >= 11 is 0. The van der Waals surface area contributed by atoms with Gasteiger partial charge in [-0.1, -0.05) is 25.7 Å². The van der Waals surface area contributed by atoms with Crippen molar-refractivity contribution >= 4 is 0 Å². The molecule has 98 valence electrons. The summed E-state index contributed by atoms with van der Waals surface area (Å²) in [6.07, 6.45) is 13.4. The molecule has 0 aromatic carbocycles. The lowest BCUT2D eigenvalue weighted by Gasteiger charge is -2.48. The van der Waals surface area contributed by atoms with Crippen LogP contribution in [0.5, 0.6) is 0 Å². The fourth-order valence-corrected chi connectivity index (χ4v) is 4.17. The average Bonchev–Trinajstić information content (AvgIpc) is 2.80. The number of rotatable bonds is 3. The van der Waals surface area contributed by atoms with Gasteiger partial charge in [-0.15, -0.1) is 0 Å². The van der Waals surface area contributed by atoms with E-state index in [0.717, 1.165) is 18.4 Å². The Hall–Kier alpha value is -0.0800. The van der Waals surface area contributed by atoms with Crippen LogP contribution in [0.25, 0.3) is 0 Å². The molecule has 1 heterocycles. The minimum absolute atomic E-state index is 0.274. The molecule has 2 aliphatic carbocycles. The number of hydrogen-bond donors (Lipinski definition) is 1. The van der Waals surface area contributed by atoms with E-state index in [1.807, 2.05) is 0 Å². The van der Waals surface area contributed by atoms with Crippen LogP contribution in [0, 0.1) is 11.8 Å². The topological polar surface area (TPSA) is 35.2 Å². The van der Waals surface area contributed by atoms with Gasteiger partial charge < -0.3 is 10.5 Å². The summed E-state index contributed by atoms with van der Waals surface area (Å²) in [4.78, 5) is 0. The standard InChI is InChI=1S/C15H27NO/c16-14(10-12-4-1-2-5-12)13-6-9-17-15(11-13)7-3-8-15/h12-14H,1-11,16H2. The predicted octanol–water partition coefficient (Wildman–Crippen LogP) is 3.24. The van der Waals surface area contributed by atoms with E-state index in [9.17, 15) is 0 Å². The maximum atomic E-state index is 6.47. The first kappa shape index (κ1) is 12.0. The largest absolute Gasteiger partial charge is 0.375 e. The van der Waals surface area contributed by atoms with Crippen LogP contribution >= 0.6 is 0 Å². The average molecular weight is 237 g/mol. The van der Waals surface area contributed by atoms with Crippen molar-refractivity contribution in [3.63, 3.8) is 0 Å². The fraction of sp³-hybridized carbons (Fsp3) is 1.00. The van der Waals surface area contributed by atoms with E-state index < -0.39 is 0 Å². The van der Waals surface area contributed by atoms with E-state index in [1.165, 1.54) is 64.2 Å². The van der Waals surface area contributed by atoms with Gasteiger partial charge in [-0.3, -0.25) is 0 Å². The highest BCUT2D eigenvalue weighted by Gasteiger charge is 2.43. The van der Waals surface area contributed by atoms with E-state index in [0.29, 0.717) is 6.04 Å². The summed E-state index contributed by atoms with van der Waals surface area (Å²) in [5.74, 6) is 1.68. The van der Waals surface area contributed by atoms with Gasteiger partial charge in [0.15, 0.2) is 0 Å². The summed E-state index contributed by atoms with van der Waals surface area (Å²) < 4.78 is 6.00. The molecule has 2 atom stereocenters. The summed E-state index contributed by atoms with van der Waals surface area (Å²) in [5, 5.41) is 0. The molecule has 3 aliphatic rings. The van der Waals surface area contributed by atoms with Crippen molar-refractivity contribution in [1.29, 1.82) is 0 Å². The van der Waals surface area contributed by atoms with Gasteiger partial charge in [-0.25, -0.2) is 0 Å². The summed E-state index contributed by atoms with van der Waals surface area (Å²) in [7, 11) is 0. The summed E-state index contributed by atoms with van der Waals surface area (Å²) in [6.45, 7) is 0.961. The van der Waals surface area contributed by atoms with Gasteiger partial charge in [0.05, 0.1) is 5.60 Å². The fourth-order valence-electron chi connectivity index (χ4n) is 4.17. The number of hydrogen-bond acceptors (Lipinski definition) is 2. The quantitative estimate of drug-likeness (QED) is 0.818. The van der Waals surface area contributed by atoms with Gasteiger partial charge in [0.1, 0.15) is 0 Å². The zero-order valence-corrected chi connectivity index (χ0v) is 11.0. The lowest BCUT2D eigenvalue weighted by molar-refractivity contribution is -0.146. The Balaban J connectivity index is 1.52. The Bertz CT molecular complexity index is 256. The minimum atomic E-state index is 0.274. The van der Waals surface area contributed by atoms with Crippen LogP contribution in [0.4, 0.5) is 0 Å². The summed E-state index contributed by atoms with van der Waals surface area (Å²) in [5.41, 5.74) is 6.75. The van der Waals surface area contributed by atoms with Crippen molar-refractivity contribution in [3.05, 3.63) is 0 Å². The highest BCUT2D eigenvalue weighted by molar-refractivity contribution is 4.96. The Morgan fingerprint density at radius 3 is 2.53 bits per heavy atom. The zero-order valence-electron chi connectivity index (χ0n) is 11.0. The molecule has 2 heteroatoms. The molecular weight excluding hydrogens is 210 g/mol. The van der Waals surface area contributed by atoms with Crippen molar-refractivity contribution in [2.45, 2.75) is 75.9 Å². The van der Waals surface area contributed by atoms with Gasteiger partial charge in [0.25, 0.3) is 0 Å². The number of nitrogens with two attached hydrogens (primary N) is 1. The van der Waals surface area contributed by atoms with Crippen LogP contribution < -0.4 is 5.73 Å². The van der Waals surface area contributed by atoms with Crippen molar-refractivity contribution in [3.8, 4) is 0 Å². The number of ether oxygens (including phenoxy) is 1. The molecule has 0 bridgehead atoms. The summed E-state index contributed by atoms with van der Waals surface area (Å²) in [6, 6.07) is 0.444. The molecule has 0 aromatic heterocycles. The third kappa shape index (κ3) is 2.53. The van der Waals surface area contributed by atoms with E-state index in [-0.39, 0.29) is 5.60 Å². The lowest BCUT2D eigenvalue weighted by atomic mass is 9.69. The molecular formula is C15H27NO. The van der Waals surface area contributed by atoms with Crippen LogP contribution in [0.3, 0.4) is 0 Å². The first-order valence-corrected chi connectivity index (χ1v) is 7.67. The Morgan fingerprint density at radius 1 is 1.12 bits per heavy atom. The molecule has 1 saturated heterocycles. The minimum Gasteiger partial charge on any atom is -0.375 e. The maximum Gasteiger partial charge on any atom is 0.0685 e. The van der Waals surface area contributed by atoms with Crippen LogP contribution in [-0.2, 0) is 4.74 Å². The molecule has 17 heavy (non-hydrogen) atoms. The normalized spacial score (nSPS) is 34.8. The van der Waals surface area contributed by atoms with Crippen LogP contribution in [0.15, 0.2) is 0 Å². The monoisotopic (exact) mass is 237 g/mol. The van der Waals surface area contributed by atoms with Crippen molar-refractivity contribution in [1.82, 2.24) is 0 Å². The first-order valence-electron chi connectivity index (χ1n) is 7.67. The second-order valence-electron chi connectivity index (χ2n) is 6.69. The van der Waals surface area contributed by atoms with E-state index in [4.69, 9.17) is 10.5 Å². The molecule has 2 saturated carbocycles. The Labute approximate surface area is 105 Å². The molecule has 0 aromatic rings. The van der Waals surface area contributed by atoms with Crippen molar-refractivity contribution < 1.29 is 4.74 Å². The van der Waals surface area contributed by atoms with Gasteiger partial charge in [0, 0.05) is 12.6 Å². The Kier molecular flexibility index (Phi) is 3.45. The molecule has 1 spiro atoms. The van der Waals surface area contributed by atoms with Crippen molar-refractivity contribution in [2.24, 2.45) is 17.6 Å². The van der Waals surface area contributed by atoms with E-state index in [2.05, 4.69) is 0 Å². The van der Waals surface area contributed by atoms with E-state index in [1.54, 1.807) is 0 Å².